The van der Waals surface area contributed by atoms with Crippen LogP contribution in [0.4, 0.5) is 0 Å². The molecule has 0 N–H and O–H groups in total. The van der Waals surface area contributed by atoms with E-state index in [-0.39, 0.29) is 12.4 Å². The van der Waals surface area contributed by atoms with Crippen molar-refractivity contribution >= 4 is 24.0 Å². The van der Waals surface area contributed by atoms with Crippen LogP contribution in [0.3, 0.4) is 0 Å². The summed E-state index contributed by atoms with van der Waals surface area (Å²) in [6, 6.07) is 16.0. The second-order valence-corrected chi connectivity index (χ2v) is 5.67. The van der Waals surface area contributed by atoms with E-state index in [0.717, 1.165) is 54.6 Å². The maximum atomic E-state index is 6.14. The van der Waals surface area contributed by atoms with E-state index in [9.17, 15) is 0 Å². The van der Waals surface area contributed by atoms with Gasteiger partial charge in [-0.25, -0.2) is 0 Å². The molecule has 2 aromatic carbocycles. The van der Waals surface area contributed by atoms with Crippen molar-refractivity contribution in [3.05, 3.63) is 53.6 Å². The Balaban J connectivity index is 0.00000264. The summed E-state index contributed by atoms with van der Waals surface area (Å²) >= 11 is 6.14. The highest BCUT2D eigenvalue weighted by atomic mass is 35.5. The number of hydrogen-bond donors (Lipinski definition) is 0. The summed E-state index contributed by atoms with van der Waals surface area (Å²) in [7, 11) is 0. The fourth-order valence-electron chi connectivity index (χ4n) is 2.48. The van der Waals surface area contributed by atoms with E-state index < -0.39 is 0 Å². The van der Waals surface area contributed by atoms with Crippen LogP contribution < -0.4 is 4.74 Å². The SMILES string of the molecule is CCN(CC)CCCOc1ccc(Cl)cc1-c1ccccc1.Cl. The van der Waals surface area contributed by atoms with E-state index in [2.05, 4.69) is 30.9 Å². The maximum absolute atomic E-state index is 6.14. The second-order valence-electron chi connectivity index (χ2n) is 5.24. The number of hydrogen-bond acceptors (Lipinski definition) is 2. The van der Waals surface area contributed by atoms with Crippen molar-refractivity contribution in [2.24, 2.45) is 0 Å². The van der Waals surface area contributed by atoms with E-state index in [1.807, 2.05) is 36.4 Å². The van der Waals surface area contributed by atoms with Gasteiger partial charge in [-0.1, -0.05) is 55.8 Å². The Morgan fingerprint density at radius 1 is 1.00 bits per heavy atom. The summed E-state index contributed by atoms with van der Waals surface area (Å²) in [6.07, 6.45) is 1.03. The van der Waals surface area contributed by atoms with E-state index in [1.54, 1.807) is 0 Å². The third-order valence-corrected chi connectivity index (χ3v) is 4.03. The zero-order chi connectivity index (χ0) is 15.8. The summed E-state index contributed by atoms with van der Waals surface area (Å²) in [6.45, 7) is 8.35. The summed E-state index contributed by atoms with van der Waals surface area (Å²) in [5.41, 5.74) is 2.18. The van der Waals surface area contributed by atoms with Gasteiger partial charge < -0.3 is 9.64 Å². The lowest BCUT2D eigenvalue weighted by molar-refractivity contribution is 0.249. The van der Waals surface area contributed by atoms with E-state index in [0.29, 0.717) is 0 Å². The molecule has 2 aromatic rings. The number of halogens is 2. The lowest BCUT2D eigenvalue weighted by Crippen LogP contribution is -2.25. The molecule has 126 valence electrons. The number of ether oxygens (including phenoxy) is 1. The lowest BCUT2D eigenvalue weighted by atomic mass is 10.0. The smallest absolute Gasteiger partial charge is 0.127 e. The average molecular weight is 354 g/mol. The summed E-state index contributed by atoms with van der Waals surface area (Å²) in [4.78, 5) is 2.41. The van der Waals surface area contributed by atoms with Gasteiger partial charge in [0.1, 0.15) is 5.75 Å². The minimum absolute atomic E-state index is 0. The van der Waals surface area contributed by atoms with Crippen molar-refractivity contribution < 1.29 is 4.74 Å². The monoisotopic (exact) mass is 353 g/mol. The van der Waals surface area contributed by atoms with E-state index in [1.165, 1.54) is 0 Å². The molecule has 0 aromatic heterocycles. The highest BCUT2D eigenvalue weighted by Gasteiger charge is 2.07. The molecule has 4 heteroatoms. The van der Waals surface area contributed by atoms with E-state index in [4.69, 9.17) is 16.3 Å². The van der Waals surface area contributed by atoms with Gasteiger partial charge in [0, 0.05) is 17.1 Å². The molecule has 0 unspecified atom stereocenters. The fourth-order valence-corrected chi connectivity index (χ4v) is 2.65. The molecular weight excluding hydrogens is 329 g/mol. The highest BCUT2D eigenvalue weighted by molar-refractivity contribution is 6.31. The Morgan fingerprint density at radius 2 is 1.70 bits per heavy atom. The first-order valence-electron chi connectivity index (χ1n) is 7.94. The summed E-state index contributed by atoms with van der Waals surface area (Å²) < 4.78 is 6.00. The van der Waals surface area contributed by atoms with Gasteiger partial charge in [0.2, 0.25) is 0 Å². The molecule has 0 spiro atoms. The van der Waals surface area contributed by atoms with Gasteiger partial charge in [-0.15, -0.1) is 12.4 Å². The van der Waals surface area contributed by atoms with Gasteiger partial charge in [0.05, 0.1) is 6.61 Å². The fraction of sp³-hybridized carbons (Fsp3) is 0.368. The molecule has 0 saturated carbocycles. The van der Waals surface area contributed by atoms with Crippen LogP contribution in [0.15, 0.2) is 48.5 Å². The molecule has 2 rings (SSSR count). The zero-order valence-corrected chi connectivity index (χ0v) is 15.4. The van der Waals surface area contributed by atoms with Crippen LogP contribution in [0.25, 0.3) is 11.1 Å². The molecule has 0 fully saturated rings. The molecule has 0 amide bonds. The minimum Gasteiger partial charge on any atom is -0.493 e. The Kier molecular flexibility index (Phi) is 9.08. The average Bonchev–Trinajstić information content (AvgIpc) is 2.57. The van der Waals surface area contributed by atoms with Crippen LogP contribution in [-0.2, 0) is 0 Å². The van der Waals surface area contributed by atoms with Gasteiger partial charge in [-0.2, -0.15) is 0 Å². The summed E-state index contributed by atoms with van der Waals surface area (Å²) in [5.74, 6) is 0.898. The normalized spacial score (nSPS) is 10.4. The summed E-state index contributed by atoms with van der Waals surface area (Å²) in [5, 5.41) is 0.731. The topological polar surface area (TPSA) is 12.5 Å². The van der Waals surface area contributed by atoms with Gasteiger partial charge in [0.25, 0.3) is 0 Å². The first-order chi connectivity index (χ1) is 10.7. The third kappa shape index (κ3) is 6.06. The molecule has 0 aliphatic rings. The number of nitrogens with zero attached hydrogens (tertiary/aromatic N) is 1. The quantitative estimate of drug-likeness (QED) is 0.577. The Morgan fingerprint density at radius 3 is 2.35 bits per heavy atom. The maximum Gasteiger partial charge on any atom is 0.127 e. The predicted molar refractivity (Wildman–Crippen MR) is 102 cm³/mol. The van der Waals surface area contributed by atoms with Crippen LogP contribution in [0.2, 0.25) is 5.02 Å². The molecule has 2 nitrogen and oxygen atoms in total. The number of rotatable bonds is 8. The molecule has 0 radical (unpaired) electrons. The van der Waals surface area contributed by atoms with Gasteiger partial charge >= 0.3 is 0 Å². The van der Waals surface area contributed by atoms with Gasteiger partial charge in [-0.05, 0) is 43.3 Å². The standard InChI is InChI=1S/C19H24ClNO.ClH/c1-3-21(4-2)13-8-14-22-19-12-11-17(20)15-18(19)16-9-6-5-7-10-16;/h5-7,9-12,15H,3-4,8,13-14H2,1-2H3;1H. The van der Waals surface area contributed by atoms with Crippen molar-refractivity contribution in [1.29, 1.82) is 0 Å². The van der Waals surface area contributed by atoms with Crippen molar-refractivity contribution in [2.45, 2.75) is 20.3 Å². The molecule has 23 heavy (non-hydrogen) atoms. The van der Waals surface area contributed by atoms with Crippen molar-refractivity contribution in [3.63, 3.8) is 0 Å². The first kappa shape index (κ1) is 19.8. The Bertz CT molecular complexity index is 571. The molecule has 0 atom stereocenters. The van der Waals surface area contributed by atoms with Crippen LogP contribution in [-0.4, -0.2) is 31.1 Å². The molecule has 0 heterocycles. The lowest BCUT2D eigenvalue weighted by Gasteiger charge is -2.18. The number of benzene rings is 2. The molecule has 0 aliphatic heterocycles. The van der Waals surface area contributed by atoms with Gasteiger partial charge in [0.15, 0.2) is 0 Å². The molecule has 0 aliphatic carbocycles. The van der Waals surface area contributed by atoms with Crippen LogP contribution in [0, 0.1) is 0 Å². The highest BCUT2D eigenvalue weighted by Crippen LogP contribution is 2.32. The predicted octanol–water partition coefficient (Wildman–Crippen LogP) is 5.54. The van der Waals surface area contributed by atoms with Crippen LogP contribution in [0.5, 0.6) is 5.75 Å². The molecule has 0 saturated heterocycles. The second kappa shape index (κ2) is 10.5. The van der Waals surface area contributed by atoms with Crippen molar-refractivity contribution in [1.82, 2.24) is 4.90 Å². The first-order valence-corrected chi connectivity index (χ1v) is 8.32. The minimum atomic E-state index is 0. The largest absolute Gasteiger partial charge is 0.493 e. The Hall–Kier alpha value is -1.22. The van der Waals surface area contributed by atoms with Crippen LogP contribution >= 0.6 is 24.0 Å². The third-order valence-electron chi connectivity index (χ3n) is 3.80. The van der Waals surface area contributed by atoms with E-state index >= 15 is 0 Å². The van der Waals surface area contributed by atoms with Crippen molar-refractivity contribution in [2.75, 3.05) is 26.2 Å². The Labute approximate surface area is 150 Å². The molecule has 0 bridgehead atoms. The molecular formula is C19H25Cl2NO. The van der Waals surface area contributed by atoms with Crippen LogP contribution in [0.1, 0.15) is 20.3 Å². The van der Waals surface area contributed by atoms with Gasteiger partial charge in [-0.3, -0.25) is 0 Å². The zero-order valence-electron chi connectivity index (χ0n) is 13.8. The van der Waals surface area contributed by atoms with Crippen molar-refractivity contribution in [3.8, 4) is 16.9 Å².